The van der Waals surface area contributed by atoms with Gasteiger partial charge in [0.25, 0.3) is 0 Å². The molecule has 1 aromatic rings. The molecule has 2 atom stereocenters. The molecule has 0 aliphatic heterocycles. The normalized spacial score (nSPS) is 13.3. The molecule has 4 N–H and O–H groups in total. The zero-order chi connectivity index (χ0) is 16.7. The van der Waals surface area contributed by atoms with Crippen molar-refractivity contribution in [3.63, 3.8) is 0 Å². The van der Waals surface area contributed by atoms with Crippen LogP contribution in [0.1, 0.15) is 24.9 Å². The molecular weight excluding hydrogens is 329 g/mol. The van der Waals surface area contributed by atoms with E-state index in [0.717, 1.165) is 0 Å². The van der Waals surface area contributed by atoms with E-state index in [2.05, 4.69) is 10.6 Å². The monoisotopic (exact) mass is 347 g/mol. The van der Waals surface area contributed by atoms with Crippen molar-refractivity contribution < 1.29 is 14.0 Å². The van der Waals surface area contributed by atoms with Gasteiger partial charge in [-0.15, -0.1) is 0 Å². The lowest BCUT2D eigenvalue weighted by atomic mass is 10.1. The van der Waals surface area contributed by atoms with Crippen LogP contribution in [0.15, 0.2) is 18.2 Å². The SMILES string of the molecule is CSCC[C@H](NC(N)=O)C(=O)N[C@@H](C)c1ccc(F)c(Cl)c1. The molecule has 0 aliphatic rings. The zero-order valence-electron chi connectivity index (χ0n) is 12.4. The van der Waals surface area contributed by atoms with Gasteiger partial charge in [0.05, 0.1) is 11.1 Å². The van der Waals surface area contributed by atoms with E-state index in [0.29, 0.717) is 17.7 Å². The molecule has 0 heterocycles. The summed E-state index contributed by atoms with van der Waals surface area (Å²) in [6, 6.07) is 2.41. The van der Waals surface area contributed by atoms with Gasteiger partial charge in [-0.25, -0.2) is 9.18 Å². The van der Waals surface area contributed by atoms with Crippen molar-refractivity contribution in [1.29, 1.82) is 0 Å². The van der Waals surface area contributed by atoms with Crippen LogP contribution in [-0.2, 0) is 4.79 Å². The van der Waals surface area contributed by atoms with Crippen LogP contribution < -0.4 is 16.4 Å². The molecule has 0 fully saturated rings. The summed E-state index contributed by atoms with van der Waals surface area (Å²) < 4.78 is 13.2. The third kappa shape index (κ3) is 5.73. The van der Waals surface area contributed by atoms with Crippen LogP contribution in [0.25, 0.3) is 0 Å². The third-order valence-corrected chi connectivity index (χ3v) is 3.98. The van der Waals surface area contributed by atoms with E-state index in [1.54, 1.807) is 24.8 Å². The van der Waals surface area contributed by atoms with Crippen LogP contribution in [-0.4, -0.2) is 30.0 Å². The Hall–Kier alpha value is -1.47. The highest BCUT2D eigenvalue weighted by molar-refractivity contribution is 7.98. The van der Waals surface area contributed by atoms with Crippen molar-refractivity contribution in [2.45, 2.75) is 25.4 Å². The first-order valence-corrected chi connectivity index (χ1v) is 8.42. The second kappa shape index (κ2) is 8.85. The zero-order valence-corrected chi connectivity index (χ0v) is 13.9. The summed E-state index contributed by atoms with van der Waals surface area (Å²) in [5.41, 5.74) is 5.75. The fraction of sp³-hybridized carbons (Fsp3) is 0.429. The molecule has 0 saturated carbocycles. The topological polar surface area (TPSA) is 84.2 Å². The Morgan fingerprint density at radius 2 is 2.09 bits per heavy atom. The Balaban J connectivity index is 2.73. The fourth-order valence-electron chi connectivity index (χ4n) is 1.86. The lowest BCUT2D eigenvalue weighted by Gasteiger charge is -2.21. The number of benzene rings is 1. The van der Waals surface area contributed by atoms with Crippen molar-refractivity contribution in [3.8, 4) is 0 Å². The van der Waals surface area contributed by atoms with Crippen molar-refractivity contribution in [2.75, 3.05) is 12.0 Å². The Labute approximate surface area is 138 Å². The standard InChI is InChI=1S/C14H19ClFN3O2S/c1-8(9-3-4-11(16)10(15)7-9)18-13(20)12(5-6-22-2)19-14(17)21/h3-4,7-8,12H,5-6H2,1-2H3,(H,18,20)(H3,17,19,21)/t8-,12-/m0/s1. The van der Waals surface area contributed by atoms with Crippen molar-refractivity contribution in [1.82, 2.24) is 10.6 Å². The number of nitrogens with two attached hydrogens (primary N) is 1. The number of hydrogen-bond acceptors (Lipinski definition) is 3. The molecule has 8 heteroatoms. The molecule has 1 rings (SSSR count). The summed E-state index contributed by atoms with van der Waals surface area (Å²) in [5.74, 6) is -0.159. The van der Waals surface area contributed by atoms with Crippen LogP contribution in [0.4, 0.5) is 9.18 Å². The van der Waals surface area contributed by atoms with Gasteiger partial charge in [-0.3, -0.25) is 4.79 Å². The molecule has 0 aromatic heterocycles. The molecular formula is C14H19ClFN3O2S. The van der Waals surface area contributed by atoms with E-state index in [-0.39, 0.29) is 17.0 Å². The van der Waals surface area contributed by atoms with Gasteiger partial charge in [-0.2, -0.15) is 11.8 Å². The number of amides is 3. The summed E-state index contributed by atoms with van der Waals surface area (Å²) >= 11 is 7.29. The summed E-state index contributed by atoms with van der Waals surface area (Å²) in [5, 5.41) is 5.17. The third-order valence-electron chi connectivity index (χ3n) is 3.05. The Morgan fingerprint density at radius 1 is 1.41 bits per heavy atom. The predicted molar refractivity (Wildman–Crippen MR) is 87.5 cm³/mol. The highest BCUT2D eigenvalue weighted by atomic mass is 35.5. The lowest BCUT2D eigenvalue weighted by molar-refractivity contribution is -0.123. The number of primary amides is 1. The second-order valence-electron chi connectivity index (χ2n) is 4.75. The maximum atomic E-state index is 13.2. The fourth-order valence-corrected chi connectivity index (χ4v) is 2.52. The van der Waals surface area contributed by atoms with E-state index >= 15 is 0 Å². The Morgan fingerprint density at radius 3 is 2.64 bits per heavy atom. The number of urea groups is 1. The molecule has 0 saturated heterocycles. The first-order chi connectivity index (χ1) is 10.3. The van der Waals surface area contributed by atoms with Gasteiger partial charge in [-0.1, -0.05) is 17.7 Å². The minimum Gasteiger partial charge on any atom is -0.352 e. The second-order valence-corrected chi connectivity index (χ2v) is 6.14. The molecule has 0 spiro atoms. The number of rotatable bonds is 7. The number of carbonyl (C=O) groups is 2. The molecule has 22 heavy (non-hydrogen) atoms. The van der Waals surface area contributed by atoms with Crippen LogP contribution in [0.2, 0.25) is 5.02 Å². The van der Waals surface area contributed by atoms with Crippen LogP contribution in [0.5, 0.6) is 0 Å². The van der Waals surface area contributed by atoms with Crippen molar-refractivity contribution in [3.05, 3.63) is 34.6 Å². The van der Waals surface area contributed by atoms with Gasteiger partial charge in [-0.05, 0) is 43.0 Å². The highest BCUT2D eigenvalue weighted by Crippen LogP contribution is 2.20. The number of hydrogen-bond donors (Lipinski definition) is 3. The number of carbonyl (C=O) groups excluding carboxylic acids is 2. The molecule has 1 aromatic carbocycles. The van der Waals surface area contributed by atoms with E-state index in [1.807, 2.05) is 6.26 Å². The molecule has 122 valence electrons. The average Bonchev–Trinajstić information content (AvgIpc) is 2.45. The van der Waals surface area contributed by atoms with Gasteiger partial charge in [0.15, 0.2) is 0 Å². The molecule has 0 aliphatic carbocycles. The number of thioether (sulfide) groups is 1. The molecule has 3 amide bonds. The maximum Gasteiger partial charge on any atom is 0.312 e. The molecule has 0 bridgehead atoms. The average molecular weight is 348 g/mol. The predicted octanol–water partition coefficient (Wildman–Crippen LogP) is 2.45. The first kappa shape index (κ1) is 18.6. The van der Waals surface area contributed by atoms with Gasteiger partial charge in [0.2, 0.25) is 5.91 Å². The van der Waals surface area contributed by atoms with Gasteiger partial charge < -0.3 is 16.4 Å². The smallest absolute Gasteiger partial charge is 0.312 e. The Kier molecular flexibility index (Phi) is 7.47. The molecule has 5 nitrogen and oxygen atoms in total. The van der Waals surface area contributed by atoms with Crippen molar-refractivity contribution >= 4 is 35.3 Å². The van der Waals surface area contributed by atoms with Gasteiger partial charge in [0.1, 0.15) is 11.9 Å². The first-order valence-electron chi connectivity index (χ1n) is 6.65. The summed E-state index contributed by atoms with van der Waals surface area (Å²) in [7, 11) is 0. The number of halogens is 2. The molecule has 0 unspecified atom stereocenters. The van der Waals surface area contributed by atoms with Gasteiger partial charge in [0, 0.05) is 0 Å². The van der Waals surface area contributed by atoms with Crippen LogP contribution in [0.3, 0.4) is 0 Å². The van der Waals surface area contributed by atoms with Crippen molar-refractivity contribution in [2.24, 2.45) is 5.73 Å². The van der Waals surface area contributed by atoms with Crippen LogP contribution >= 0.6 is 23.4 Å². The largest absolute Gasteiger partial charge is 0.352 e. The van der Waals surface area contributed by atoms with Gasteiger partial charge >= 0.3 is 6.03 Å². The minimum absolute atomic E-state index is 0.00667. The summed E-state index contributed by atoms with van der Waals surface area (Å²) in [6.45, 7) is 1.75. The highest BCUT2D eigenvalue weighted by Gasteiger charge is 2.21. The lowest BCUT2D eigenvalue weighted by Crippen LogP contribution is -2.49. The number of nitrogens with one attached hydrogen (secondary N) is 2. The van der Waals surface area contributed by atoms with Crippen LogP contribution in [0, 0.1) is 5.82 Å². The maximum absolute atomic E-state index is 13.2. The summed E-state index contributed by atoms with van der Waals surface area (Å²) in [4.78, 5) is 23.2. The van der Waals surface area contributed by atoms with E-state index in [4.69, 9.17) is 17.3 Å². The van der Waals surface area contributed by atoms with E-state index in [9.17, 15) is 14.0 Å². The molecule has 0 radical (unpaired) electrons. The minimum atomic E-state index is -0.751. The summed E-state index contributed by atoms with van der Waals surface area (Å²) in [6.07, 6.45) is 2.37. The Bertz CT molecular complexity index is 545. The van der Waals surface area contributed by atoms with E-state index in [1.165, 1.54) is 12.1 Å². The quantitative estimate of drug-likeness (QED) is 0.708. The van der Waals surface area contributed by atoms with E-state index < -0.39 is 17.9 Å².